The molecule has 0 fully saturated rings. The number of carbonyl (C=O) groups is 1. The molecule has 1 atom stereocenters. The maximum Gasteiger partial charge on any atom is 0.237 e. The summed E-state index contributed by atoms with van der Waals surface area (Å²) in [6.45, 7) is 6.32. The standard InChI is InChI=1S/C21H23N3O3S/c1-5-12-24-17-9-7-6-8-16(17)23-21(24)28-14(2)20(25)22-15-10-11-18(26-3)19(13-15)27-4/h5-11,13-14H,1,12H2,2-4H3,(H,22,25). The molecule has 1 amide bonds. The minimum Gasteiger partial charge on any atom is -0.493 e. The Morgan fingerprint density at radius 3 is 2.71 bits per heavy atom. The lowest BCUT2D eigenvalue weighted by Gasteiger charge is -2.14. The second-order valence-electron chi connectivity index (χ2n) is 6.10. The molecule has 3 aromatic rings. The van der Waals surface area contributed by atoms with E-state index in [1.165, 1.54) is 11.8 Å². The van der Waals surface area contributed by atoms with Gasteiger partial charge in [0.2, 0.25) is 5.91 Å². The predicted molar refractivity (Wildman–Crippen MR) is 113 cm³/mol. The topological polar surface area (TPSA) is 65.4 Å². The van der Waals surface area contributed by atoms with Crippen LogP contribution in [0.25, 0.3) is 11.0 Å². The van der Waals surface area contributed by atoms with Crippen LogP contribution in [0.3, 0.4) is 0 Å². The van der Waals surface area contributed by atoms with Crippen LogP contribution in [0.4, 0.5) is 5.69 Å². The van der Waals surface area contributed by atoms with Gasteiger partial charge in [0.1, 0.15) is 0 Å². The lowest BCUT2D eigenvalue weighted by atomic mass is 10.2. The van der Waals surface area contributed by atoms with E-state index in [9.17, 15) is 4.79 Å². The van der Waals surface area contributed by atoms with Gasteiger partial charge in [-0.15, -0.1) is 6.58 Å². The Bertz CT molecular complexity index is 1000. The summed E-state index contributed by atoms with van der Waals surface area (Å²) in [5, 5.41) is 3.37. The molecule has 0 aliphatic heterocycles. The summed E-state index contributed by atoms with van der Waals surface area (Å²) < 4.78 is 12.6. The Morgan fingerprint density at radius 2 is 2.00 bits per heavy atom. The number of ether oxygens (including phenoxy) is 2. The fourth-order valence-corrected chi connectivity index (χ4v) is 3.75. The fourth-order valence-electron chi connectivity index (χ4n) is 2.82. The Kier molecular flexibility index (Phi) is 6.26. The average molecular weight is 398 g/mol. The molecule has 0 bridgehead atoms. The molecule has 0 spiro atoms. The van der Waals surface area contributed by atoms with Gasteiger partial charge >= 0.3 is 0 Å². The Labute approximate surface area is 168 Å². The van der Waals surface area contributed by atoms with Crippen LogP contribution in [0.2, 0.25) is 0 Å². The first kappa shape index (κ1) is 19.8. The number of benzene rings is 2. The molecule has 1 N–H and O–H groups in total. The average Bonchev–Trinajstić information content (AvgIpc) is 3.05. The molecule has 0 saturated heterocycles. The van der Waals surface area contributed by atoms with Crippen LogP contribution in [0.15, 0.2) is 60.3 Å². The molecule has 0 radical (unpaired) electrons. The second kappa shape index (κ2) is 8.84. The summed E-state index contributed by atoms with van der Waals surface area (Å²) in [4.78, 5) is 17.4. The van der Waals surface area contributed by atoms with E-state index in [1.54, 1.807) is 32.4 Å². The largest absolute Gasteiger partial charge is 0.493 e. The quantitative estimate of drug-likeness (QED) is 0.452. The van der Waals surface area contributed by atoms with Gasteiger partial charge in [0.25, 0.3) is 0 Å². The SMILES string of the molecule is C=CCn1c(SC(C)C(=O)Nc2ccc(OC)c(OC)c2)nc2ccccc21. The van der Waals surface area contributed by atoms with Crippen molar-refractivity contribution >= 4 is 34.4 Å². The first-order valence-corrected chi connectivity index (χ1v) is 9.71. The number of methoxy groups -OCH3 is 2. The van der Waals surface area contributed by atoms with E-state index in [2.05, 4.69) is 21.4 Å². The minimum absolute atomic E-state index is 0.116. The number of carbonyl (C=O) groups excluding carboxylic acids is 1. The van der Waals surface area contributed by atoms with Crippen molar-refractivity contribution in [3.63, 3.8) is 0 Å². The Morgan fingerprint density at radius 1 is 1.25 bits per heavy atom. The highest BCUT2D eigenvalue weighted by atomic mass is 32.2. The van der Waals surface area contributed by atoms with E-state index in [0.717, 1.165) is 16.2 Å². The highest BCUT2D eigenvalue weighted by Gasteiger charge is 2.19. The Hall–Kier alpha value is -2.93. The number of nitrogens with one attached hydrogen (secondary N) is 1. The molecule has 0 aliphatic rings. The van der Waals surface area contributed by atoms with Crippen molar-refractivity contribution < 1.29 is 14.3 Å². The highest BCUT2D eigenvalue weighted by molar-refractivity contribution is 8.00. The maximum atomic E-state index is 12.7. The number of hydrogen-bond acceptors (Lipinski definition) is 5. The zero-order chi connectivity index (χ0) is 20.1. The zero-order valence-electron chi connectivity index (χ0n) is 16.1. The summed E-state index contributed by atoms with van der Waals surface area (Å²) in [5.41, 5.74) is 2.58. The molecule has 1 aromatic heterocycles. The van der Waals surface area contributed by atoms with Crippen LogP contribution in [0, 0.1) is 0 Å². The molecule has 6 nitrogen and oxygen atoms in total. The number of amides is 1. The third-order valence-corrected chi connectivity index (χ3v) is 5.32. The van der Waals surface area contributed by atoms with Crippen molar-refractivity contribution in [2.24, 2.45) is 0 Å². The zero-order valence-corrected chi connectivity index (χ0v) is 17.0. The van der Waals surface area contributed by atoms with Crippen LogP contribution in [0.5, 0.6) is 11.5 Å². The number of anilines is 1. The number of fused-ring (bicyclic) bond motifs is 1. The van der Waals surface area contributed by atoms with Crippen LogP contribution in [-0.4, -0.2) is 34.9 Å². The second-order valence-corrected chi connectivity index (χ2v) is 7.41. The first-order chi connectivity index (χ1) is 13.6. The Balaban J connectivity index is 1.77. The van der Waals surface area contributed by atoms with Crippen molar-refractivity contribution in [3.8, 4) is 11.5 Å². The van der Waals surface area contributed by atoms with Gasteiger partial charge in [-0.25, -0.2) is 4.98 Å². The minimum atomic E-state index is -0.339. The van der Waals surface area contributed by atoms with E-state index in [1.807, 2.05) is 37.3 Å². The van der Waals surface area contributed by atoms with Gasteiger partial charge in [-0.2, -0.15) is 0 Å². The van der Waals surface area contributed by atoms with E-state index >= 15 is 0 Å². The van der Waals surface area contributed by atoms with E-state index in [0.29, 0.717) is 23.7 Å². The third-order valence-electron chi connectivity index (χ3n) is 4.23. The third kappa shape index (κ3) is 4.14. The molecule has 1 unspecified atom stereocenters. The fraction of sp³-hybridized carbons (Fsp3) is 0.238. The number of rotatable bonds is 8. The number of allylic oxidation sites excluding steroid dienone is 1. The monoisotopic (exact) mass is 397 g/mol. The maximum absolute atomic E-state index is 12.7. The van der Waals surface area contributed by atoms with Crippen molar-refractivity contribution in [1.29, 1.82) is 0 Å². The molecule has 3 rings (SSSR count). The van der Waals surface area contributed by atoms with Crippen molar-refractivity contribution in [3.05, 3.63) is 55.1 Å². The molecule has 7 heteroatoms. The predicted octanol–water partition coefficient (Wildman–Crippen LogP) is 4.36. The molecule has 1 heterocycles. The van der Waals surface area contributed by atoms with Crippen LogP contribution >= 0.6 is 11.8 Å². The lowest BCUT2D eigenvalue weighted by molar-refractivity contribution is -0.115. The van der Waals surface area contributed by atoms with E-state index < -0.39 is 0 Å². The summed E-state index contributed by atoms with van der Waals surface area (Å²) in [6, 6.07) is 13.2. The molecule has 28 heavy (non-hydrogen) atoms. The normalized spacial score (nSPS) is 11.8. The van der Waals surface area contributed by atoms with Gasteiger partial charge in [0, 0.05) is 18.3 Å². The summed E-state index contributed by atoms with van der Waals surface area (Å²) in [7, 11) is 3.14. The number of aromatic nitrogens is 2. The van der Waals surface area contributed by atoms with Gasteiger partial charge < -0.3 is 19.4 Å². The van der Waals surface area contributed by atoms with Crippen molar-refractivity contribution in [2.75, 3.05) is 19.5 Å². The number of para-hydroxylation sites is 2. The van der Waals surface area contributed by atoms with E-state index in [-0.39, 0.29) is 11.2 Å². The van der Waals surface area contributed by atoms with Crippen molar-refractivity contribution in [2.45, 2.75) is 23.9 Å². The highest BCUT2D eigenvalue weighted by Crippen LogP contribution is 2.31. The van der Waals surface area contributed by atoms with Crippen molar-refractivity contribution in [1.82, 2.24) is 9.55 Å². The molecular formula is C21H23N3O3S. The number of nitrogens with zero attached hydrogens (tertiary/aromatic N) is 2. The summed E-state index contributed by atoms with van der Waals surface area (Å²) in [6.07, 6.45) is 1.83. The summed E-state index contributed by atoms with van der Waals surface area (Å²) in [5.74, 6) is 1.06. The van der Waals surface area contributed by atoms with Crippen LogP contribution in [-0.2, 0) is 11.3 Å². The van der Waals surface area contributed by atoms with Gasteiger partial charge in [0.05, 0.1) is 30.5 Å². The summed E-state index contributed by atoms with van der Waals surface area (Å²) >= 11 is 1.42. The molecule has 0 aliphatic carbocycles. The van der Waals surface area contributed by atoms with E-state index in [4.69, 9.17) is 9.47 Å². The van der Waals surface area contributed by atoms with Gasteiger partial charge in [-0.05, 0) is 31.2 Å². The lowest BCUT2D eigenvalue weighted by Crippen LogP contribution is -2.23. The number of imidazole rings is 1. The number of thioether (sulfide) groups is 1. The molecule has 0 saturated carbocycles. The van der Waals surface area contributed by atoms with Crippen LogP contribution in [0.1, 0.15) is 6.92 Å². The smallest absolute Gasteiger partial charge is 0.237 e. The first-order valence-electron chi connectivity index (χ1n) is 8.83. The molecular weight excluding hydrogens is 374 g/mol. The van der Waals surface area contributed by atoms with Gasteiger partial charge in [-0.3, -0.25) is 4.79 Å². The molecule has 146 valence electrons. The van der Waals surface area contributed by atoms with Crippen LogP contribution < -0.4 is 14.8 Å². The number of hydrogen-bond donors (Lipinski definition) is 1. The molecule has 2 aromatic carbocycles. The van der Waals surface area contributed by atoms with Gasteiger partial charge in [-0.1, -0.05) is 30.0 Å². The van der Waals surface area contributed by atoms with Gasteiger partial charge in [0.15, 0.2) is 16.7 Å².